The lowest BCUT2D eigenvalue weighted by atomic mass is 10.3. The van der Waals surface area contributed by atoms with Crippen LogP contribution in [-0.4, -0.2) is 15.3 Å². The highest BCUT2D eigenvalue weighted by Gasteiger charge is 2.06. The molecule has 0 atom stereocenters. The number of oxazole rings is 1. The molecule has 0 saturated carbocycles. The molecule has 0 aliphatic carbocycles. The predicted molar refractivity (Wildman–Crippen MR) is 93.1 cm³/mol. The predicted octanol–water partition coefficient (Wildman–Crippen LogP) is 5.04. The highest BCUT2D eigenvalue weighted by molar-refractivity contribution is 7.78. The van der Waals surface area contributed by atoms with Gasteiger partial charge in [-0.15, -0.1) is 0 Å². The van der Waals surface area contributed by atoms with Gasteiger partial charge in [-0.2, -0.15) is 15.0 Å². The van der Waals surface area contributed by atoms with Gasteiger partial charge >= 0.3 is 0 Å². The minimum atomic E-state index is 0.393. The van der Waals surface area contributed by atoms with Crippen molar-refractivity contribution in [1.82, 2.24) is 4.98 Å². The molecule has 0 fully saturated rings. The van der Waals surface area contributed by atoms with E-state index in [0.29, 0.717) is 17.3 Å². The van der Waals surface area contributed by atoms with Crippen molar-refractivity contribution in [3.8, 4) is 0 Å². The van der Waals surface area contributed by atoms with E-state index in [2.05, 4.69) is 55.0 Å². The van der Waals surface area contributed by atoms with Crippen LogP contribution in [0.2, 0.25) is 0 Å². The van der Waals surface area contributed by atoms with E-state index in [1.165, 1.54) is 0 Å². The lowest BCUT2D eigenvalue weighted by molar-refractivity contribution is 0.623. The summed E-state index contributed by atoms with van der Waals surface area (Å²) in [4.78, 5) is 12.1. The molecule has 0 spiro atoms. The highest BCUT2D eigenvalue weighted by atomic mass is 32.1. The molecule has 3 rings (SSSR count). The normalized spacial score (nSPS) is 9.82. The molecular weight excluding hydrogens is 316 g/mol. The first-order chi connectivity index (χ1) is 10.8. The Morgan fingerprint density at radius 3 is 2.36 bits per heavy atom. The van der Waals surface area contributed by atoms with E-state index >= 15 is 0 Å². The summed E-state index contributed by atoms with van der Waals surface area (Å²) in [5.41, 5.74) is 3.59. The fraction of sp³-hybridized carbons (Fsp3) is 0. The summed E-state index contributed by atoms with van der Waals surface area (Å²) in [5.74, 6) is 0. The van der Waals surface area contributed by atoms with Crippen LogP contribution in [0.15, 0.2) is 56.9 Å². The van der Waals surface area contributed by atoms with Crippen LogP contribution in [0.4, 0.5) is 23.1 Å². The maximum absolute atomic E-state index is 5.64. The van der Waals surface area contributed by atoms with Crippen LogP contribution >= 0.6 is 24.4 Å². The zero-order valence-corrected chi connectivity index (χ0v) is 12.7. The zero-order valence-electron chi connectivity index (χ0n) is 11.1. The summed E-state index contributed by atoms with van der Waals surface area (Å²) < 4.78 is 5.64. The number of benzene rings is 2. The topological polar surface area (TPSA) is 62.8 Å². The van der Waals surface area contributed by atoms with Gasteiger partial charge in [0.15, 0.2) is 5.58 Å². The van der Waals surface area contributed by atoms with Gasteiger partial charge in [-0.25, -0.2) is 0 Å². The van der Waals surface area contributed by atoms with Gasteiger partial charge in [-0.05, 0) is 60.8 Å². The second-order valence-electron chi connectivity index (χ2n) is 4.25. The molecule has 0 aliphatic rings. The molecule has 5 nitrogen and oxygen atoms in total. The lowest BCUT2D eigenvalue weighted by Gasteiger charge is -2.00. The number of aromatic nitrogens is 1. The van der Waals surface area contributed by atoms with Gasteiger partial charge < -0.3 is 9.73 Å². The number of aliphatic imine (C=N–C) groups is 2. The molecule has 1 aromatic heterocycles. The average molecular weight is 324 g/mol. The smallest absolute Gasteiger partial charge is 0.300 e. The van der Waals surface area contributed by atoms with E-state index in [0.717, 1.165) is 16.9 Å². The Morgan fingerprint density at radius 1 is 0.955 bits per heavy atom. The van der Waals surface area contributed by atoms with Crippen LogP contribution in [0.5, 0.6) is 0 Å². The Labute approximate surface area is 136 Å². The molecule has 0 saturated heterocycles. The van der Waals surface area contributed by atoms with Crippen LogP contribution in [0.1, 0.15) is 0 Å². The van der Waals surface area contributed by atoms with Crippen molar-refractivity contribution in [3.63, 3.8) is 0 Å². The maximum Gasteiger partial charge on any atom is 0.300 e. The molecule has 22 heavy (non-hydrogen) atoms. The van der Waals surface area contributed by atoms with Gasteiger partial charge in [-0.1, -0.05) is 0 Å². The summed E-state index contributed by atoms with van der Waals surface area (Å²) in [7, 11) is 0. The van der Waals surface area contributed by atoms with Crippen LogP contribution in [0, 0.1) is 0 Å². The van der Waals surface area contributed by atoms with Crippen LogP contribution in [0.25, 0.3) is 11.1 Å². The molecule has 0 bridgehead atoms. The monoisotopic (exact) mass is 324 g/mol. The second kappa shape index (κ2) is 6.39. The summed E-state index contributed by atoms with van der Waals surface area (Å²) in [6.07, 6.45) is 0. The Bertz CT molecular complexity index is 920. The molecule has 0 amide bonds. The van der Waals surface area contributed by atoms with Gasteiger partial charge in [0.2, 0.25) is 0 Å². The molecule has 2 aromatic carbocycles. The van der Waals surface area contributed by atoms with Crippen molar-refractivity contribution < 1.29 is 4.42 Å². The third-order valence-corrected chi connectivity index (χ3v) is 3.02. The Hall–Kier alpha value is -2.69. The molecule has 1 heterocycles. The number of hydrogen-bond donors (Lipinski definition) is 1. The van der Waals surface area contributed by atoms with Crippen LogP contribution in [-0.2, 0) is 0 Å². The number of hydrogen-bond acceptors (Lipinski definition) is 7. The number of nitrogens with one attached hydrogen (secondary N) is 1. The molecular formula is C15H8N4OS2. The van der Waals surface area contributed by atoms with E-state index in [4.69, 9.17) is 4.42 Å². The van der Waals surface area contributed by atoms with E-state index in [1.54, 1.807) is 12.1 Å². The van der Waals surface area contributed by atoms with Crippen molar-refractivity contribution in [2.45, 2.75) is 0 Å². The van der Waals surface area contributed by atoms with Crippen LogP contribution < -0.4 is 5.32 Å². The summed E-state index contributed by atoms with van der Waals surface area (Å²) in [6.45, 7) is 0. The van der Waals surface area contributed by atoms with Gasteiger partial charge in [0.05, 0.1) is 21.7 Å². The maximum atomic E-state index is 5.64. The first-order valence-electron chi connectivity index (χ1n) is 6.22. The van der Waals surface area contributed by atoms with Gasteiger partial charge in [0.1, 0.15) is 5.52 Å². The Kier molecular flexibility index (Phi) is 4.14. The summed E-state index contributed by atoms with van der Waals surface area (Å²) in [6, 6.07) is 13.1. The molecule has 106 valence electrons. The van der Waals surface area contributed by atoms with Crippen LogP contribution in [0.3, 0.4) is 0 Å². The molecule has 0 radical (unpaired) electrons. The molecule has 3 aromatic rings. The molecule has 0 unspecified atom stereocenters. The minimum absolute atomic E-state index is 0.393. The highest BCUT2D eigenvalue weighted by Crippen LogP contribution is 2.26. The van der Waals surface area contributed by atoms with Crippen molar-refractivity contribution in [1.29, 1.82) is 0 Å². The Morgan fingerprint density at radius 2 is 1.64 bits per heavy atom. The fourth-order valence-corrected chi connectivity index (χ4v) is 2.10. The number of rotatable bonds is 4. The first kappa shape index (κ1) is 14.3. The molecule has 7 heteroatoms. The van der Waals surface area contributed by atoms with Gasteiger partial charge in [0, 0.05) is 11.8 Å². The average Bonchev–Trinajstić information content (AvgIpc) is 2.91. The summed E-state index contributed by atoms with van der Waals surface area (Å²) in [5, 5.41) is 7.72. The van der Waals surface area contributed by atoms with Crippen molar-refractivity contribution in [2.75, 3.05) is 5.32 Å². The van der Waals surface area contributed by atoms with Gasteiger partial charge in [-0.3, -0.25) is 0 Å². The van der Waals surface area contributed by atoms with E-state index in [9.17, 15) is 0 Å². The van der Waals surface area contributed by atoms with E-state index < -0.39 is 0 Å². The van der Waals surface area contributed by atoms with E-state index in [1.807, 2.05) is 30.3 Å². The Balaban J connectivity index is 1.87. The van der Waals surface area contributed by atoms with Gasteiger partial charge in [0.25, 0.3) is 6.01 Å². The third kappa shape index (κ3) is 3.14. The zero-order chi connectivity index (χ0) is 15.4. The quantitative estimate of drug-likeness (QED) is 0.538. The summed E-state index contributed by atoms with van der Waals surface area (Å²) >= 11 is 9.15. The lowest BCUT2D eigenvalue weighted by Crippen LogP contribution is -1.88. The number of anilines is 2. The largest absolute Gasteiger partial charge is 0.423 e. The number of thiocarbonyl (C=S) groups is 2. The number of nitrogens with zero attached hydrogens (tertiary/aromatic N) is 3. The first-order valence-corrected chi connectivity index (χ1v) is 7.03. The van der Waals surface area contributed by atoms with Crippen molar-refractivity contribution in [2.24, 2.45) is 9.98 Å². The number of isothiocyanates is 2. The molecule has 1 N–H and O–H groups in total. The minimum Gasteiger partial charge on any atom is -0.423 e. The second-order valence-corrected chi connectivity index (χ2v) is 4.61. The molecule has 0 aliphatic heterocycles. The number of fused-ring (bicyclic) bond motifs is 1. The van der Waals surface area contributed by atoms with Crippen molar-refractivity contribution >= 4 is 68.9 Å². The van der Waals surface area contributed by atoms with E-state index in [-0.39, 0.29) is 0 Å². The third-order valence-electron chi connectivity index (χ3n) is 2.84. The van der Waals surface area contributed by atoms with Crippen molar-refractivity contribution in [3.05, 3.63) is 42.5 Å². The fourth-order valence-electron chi connectivity index (χ4n) is 1.88. The SMILES string of the molecule is S=C=Nc1ccc(Nc2nc3ccc(N=C=S)cc3o2)cc1. The standard InChI is InChI=1S/C15H8N4OS2/c21-8-16-10-1-3-11(4-2-10)18-15-19-13-6-5-12(17-9-22)7-14(13)20-15/h1-7H,(H,18,19).